The summed E-state index contributed by atoms with van der Waals surface area (Å²) in [6.45, 7) is 13.8. The summed E-state index contributed by atoms with van der Waals surface area (Å²) in [4.78, 5) is 0. The fourth-order valence-corrected chi connectivity index (χ4v) is 8.76. The Labute approximate surface area is 354 Å². The van der Waals surface area contributed by atoms with Crippen molar-refractivity contribution in [2.75, 3.05) is 0 Å². The first-order valence-corrected chi connectivity index (χ1v) is 24.9. The molecule has 0 saturated carbocycles. The van der Waals surface area contributed by atoms with Gasteiger partial charge in [-0.15, -0.1) is 0 Å². The molecule has 0 radical (unpaired) electrons. The van der Waals surface area contributed by atoms with E-state index in [9.17, 15) is 5.53 Å². The largest absolute Gasteiger partial charge is 0.493 e. The van der Waals surface area contributed by atoms with Crippen LogP contribution in [0.15, 0.2) is 59.7 Å². The molecule has 0 bridgehead atoms. The Hall–Kier alpha value is -2.74. The minimum atomic E-state index is 0.981. The van der Waals surface area contributed by atoms with Crippen LogP contribution < -0.4 is 0 Å². The van der Waals surface area contributed by atoms with Crippen LogP contribution in [0.5, 0.6) is 0 Å². The van der Waals surface area contributed by atoms with E-state index in [1.54, 1.807) is 4.70 Å². The van der Waals surface area contributed by atoms with Crippen molar-refractivity contribution < 1.29 is 4.70 Å². The van der Waals surface area contributed by atoms with Crippen LogP contribution in [0.25, 0.3) is 16.9 Å². The Morgan fingerprint density at radius 3 is 1.18 bits per heavy atom. The number of hydrogen-bond donors (Lipinski definition) is 0. The molecule has 0 aliphatic carbocycles. The second-order valence-electron chi connectivity index (χ2n) is 17.6. The van der Waals surface area contributed by atoms with Gasteiger partial charge < -0.3 is 5.53 Å². The maximum Gasteiger partial charge on any atom is 0.215 e. The summed E-state index contributed by atoms with van der Waals surface area (Å²) in [5.41, 5.74) is 25.5. The molecule has 0 amide bonds. The van der Waals surface area contributed by atoms with E-state index in [0.717, 1.165) is 62.8 Å². The highest BCUT2D eigenvalue weighted by atomic mass is 15.2. The lowest BCUT2D eigenvalue weighted by Crippen LogP contribution is -2.05. The lowest BCUT2D eigenvalue weighted by atomic mass is 9.91. The molecular formula is C55H88N2. The number of hydrogen-bond acceptors (Lipinski definition) is 0. The fourth-order valence-electron chi connectivity index (χ4n) is 8.76. The minimum absolute atomic E-state index is 0.981. The summed E-state index contributed by atoms with van der Waals surface area (Å²) < 4.78 is 1.65. The lowest BCUT2D eigenvalue weighted by Gasteiger charge is -2.15. The molecule has 0 saturated heterocycles. The van der Waals surface area contributed by atoms with Gasteiger partial charge in [-0.25, -0.2) is 4.70 Å². The van der Waals surface area contributed by atoms with Crippen molar-refractivity contribution in [3.63, 3.8) is 0 Å². The average molecular weight is 777 g/mol. The number of nitrogens with zero attached hydrogens (tertiary/aromatic N) is 2. The first kappa shape index (κ1) is 48.6. The topological polar surface area (TPSA) is 25.3 Å². The van der Waals surface area contributed by atoms with Crippen molar-refractivity contribution >= 4 is 11.4 Å². The molecule has 2 nitrogen and oxygen atoms in total. The van der Waals surface area contributed by atoms with Crippen LogP contribution in [0, 0.1) is 0 Å². The molecule has 0 atom stereocenters. The van der Waals surface area contributed by atoms with Gasteiger partial charge in [-0.1, -0.05) is 188 Å². The van der Waals surface area contributed by atoms with Gasteiger partial charge in [0, 0.05) is 16.7 Å². The Bertz CT molecular complexity index is 1440. The summed E-state index contributed by atoms with van der Waals surface area (Å²) in [5, 5.41) is 0. The summed E-state index contributed by atoms with van der Waals surface area (Å²) in [5.74, 6) is 0. The van der Waals surface area contributed by atoms with E-state index in [1.807, 2.05) is 0 Å². The van der Waals surface area contributed by atoms with E-state index >= 15 is 0 Å². The van der Waals surface area contributed by atoms with E-state index in [1.165, 1.54) is 192 Å². The predicted octanol–water partition coefficient (Wildman–Crippen LogP) is 18.2. The smallest absolute Gasteiger partial charge is 0.215 e. The fraction of sp³-hybridized carbons (Fsp3) is 0.673. The molecule has 0 fully saturated rings. The normalized spacial score (nSPS) is 13.3. The van der Waals surface area contributed by atoms with E-state index in [-0.39, 0.29) is 0 Å². The van der Waals surface area contributed by atoms with E-state index in [0.29, 0.717) is 0 Å². The number of allylic oxidation sites excluding steroid dienone is 4. The lowest BCUT2D eigenvalue weighted by molar-refractivity contribution is -0.345. The Balaban J connectivity index is 2.11. The molecule has 0 N–H and O–H groups in total. The first-order chi connectivity index (χ1) is 28.0. The third-order valence-corrected chi connectivity index (χ3v) is 12.3. The van der Waals surface area contributed by atoms with Gasteiger partial charge in [0.15, 0.2) is 0 Å². The standard InChI is InChI=1S/C55H88N2/c1-7-13-19-22-25-26-27-30-33-39-53-52(38-18-12-6)54(50-42-46(34-16-10-4)40-47(43-50)35-17-11-5)57(56)55(53)51-44-48(36-31-28-23-20-14-8-2)41-49(45-51)37-32-29-24-21-15-9-3/h33,39-45H,7-32,34-38H2,1-6H3. The Kier molecular flexibility index (Phi) is 25.9. The molecule has 2 aromatic carbocycles. The highest BCUT2D eigenvalue weighted by molar-refractivity contribution is 5.84. The second-order valence-corrected chi connectivity index (χ2v) is 17.6. The maximum atomic E-state index is 12.7. The van der Waals surface area contributed by atoms with Crippen LogP contribution in [-0.4, -0.2) is 4.70 Å². The number of unbranched alkanes of at least 4 members (excludes halogenated alkanes) is 20. The predicted molar refractivity (Wildman–Crippen MR) is 253 cm³/mol. The van der Waals surface area contributed by atoms with Crippen molar-refractivity contribution in [1.29, 1.82) is 0 Å². The van der Waals surface area contributed by atoms with Crippen molar-refractivity contribution in [2.45, 2.75) is 241 Å². The van der Waals surface area contributed by atoms with Crippen LogP contribution in [0.1, 0.15) is 248 Å². The van der Waals surface area contributed by atoms with Crippen molar-refractivity contribution in [1.82, 2.24) is 0 Å². The molecule has 1 heterocycles. The summed E-state index contributed by atoms with van der Waals surface area (Å²) in [6, 6.07) is 14.7. The summed E-state index contributed by atoms with van der Waals surface area (Å²) in [6.07, 6.45) is 43.5. The summed E-state index contributed by atoms with van der Waals surface area (Å²) in [7, 11) is 0. The highest BCUT2D eigenvalue weighted by Crippen LogP contribution is 2.44. The zero-order valence-electron chi connectivity index (χ0n) is 38.4. The van der Waals surface area contributed by atoms with Crippen LogP contribution >= 0.6 is 0 Å². The van der Waals surface area contributed by atoms with Crippen molar-refractivity contribution in [3.05, 3.63) is 98.6 Å². The Morgan fingerprint density at radius 2 is 0.737 bits per heavy atom. The maximum absolute atomic E-state index is 12.7. The molecule has 1 aliphatic heterocycles. The molecule has 3 rings (SSSR count). The van der Waals surface area contributed by atoms with Gasteiger partial charge >= 0.3 is 0 Å². The second kappa shape index (κ2) is 30.3. The molecule has 2 heteroatoms. The van der Waals surface area contributed by atoms with Crippen molar-refractivity contribution in [2.24, 2.45) is 0 Å². The van der Waals surface area contributed by atoms with Crippen molar-refractivity contribution in [3.8, 4) is 0 Å². The van der Waals surface area contributed by atoms with Gasteiger partial charge in [0.25, 0.3) is 0 Å². The van der Waals surface area contributed by atoms with E-state index in [4.69, 9.17) is 0 Å². The zero-order valence-corrected chi connectivity index (χ0v) is 38.4. The number of aryl methyl sites for hydroxylation is 4. The molecule has 0 spiro atoms. The van der Waals surface area contributed by atoms with Gasteiger partial charge in [-0.05, 0) is 124 Å². The van der Waals surface area contributed by atoms with Crippen LogP contribution in [-0.2, 0) is 25.7 Å². The zero-order chi connectivity index (χ0) is 40.9. The highest BCUT2D eigenvalue weighted by Gasteiger charge is 2.35. The van der Waals surface area contributed by atoms with Crippen LogP contribution in [0.4, 0.5) is 0 Å². The SMILES string of the molecule is CCCCCCCCCC=CC1=C(c2cc(CCCCCCCC)cc(CCCCCCCC)c2)[N+](=[N-])C(c2cc(CCCC)cc(CCCC)c2)=C1CCCC. The Morgan fingerprint density at radius 1 is 0.386 bits per heavy atom. The first-order valence-electron chi connectivity index (χ1n) is 24.9. The van der Waals surface area contributed by atoms with Gasteiger partial charge in [0.1, 0.15) is 0 Å². The molecule has 0 unspecified atom stereocenters. The van der Waals surface area contributed by atoms with Gasteiger partial charge in [-0.2, -0.15) is 0 Å². The average Bonchev–Trinajstić information content (AvgIpc) is 3.50. The third kappa shape index (κ3) is 18.0. The molecule has 2 aromatic rings. The van der Waals surface area contributed by atoms with E-state index in [2.05, 4.69) is 90.1 Å². The van der Waals surface area contributed by atoms with Crippen LogP contribution in [0.3, 0.4) is 0 Å². The molecule has 57 heavy (non-hydrogen) atoms. The quantitative estimate of drug-likeness (QED) is 0.0500. The molecule has 0 aromatic heterocycles. The number of rotatable bonds is 34. The van der Waals surface area contributed by atoms with E-state index < -0.39 is 0 Å². The third-order valence-electron chi connectivity index (χ3n) is 12.3. The monoisotopic (exact) mass is 777 g/mol. The van der Waals surface area contributed by atoms with Gasteiger partial charge in [0.2, 0.25) is 11.4 Å². The van der Waals surface area contributed by atoms with Crippen LogP contribution in [0.2, 0.25) is 0 Å². The summed E-state index contributed by atoms with van der Waals surface area (Å²) >= 11 is 0. The molecule has 1 aliphatic rings. The molecule has 318 valence electrons. The minimum Gasteiger partial charge on any atom is -0.493 e. The van der Waals surface area contributed by atoms with Gasteiger partial charge in [0.05, 0.1) is 5.57 Å². The molecular weight excluding hydrogens is 689 g/mol. The number of benzene rings is 2. The van der Waals surface area contributed by atoms with Gasteiger partial charge in [-0.3, -0.25) is 0 Å².